The maximum absolute atomic E-state index is 11.8. The number of amides is 1. The van der Waals surface area contributed by atoms with Gasteiger partial charge in [-0.05, 0) is 54.4 Å². The first-order chi connectivity index (χ1) is 9.06. The number of aryl methyl sites for hydroxylation is 1. The Morgan fingerprint density at radius 2 is 2.16 bits per heavy atom. The van der Waals surface area contributed by atoms with Gasteiger partial charge in [-0.3, -0.25) is 10.1 Å². The molecule has 1 aromatic carbocycles. The minimum atomic E-state index is -0.193. The number of carbonyl (C=O) groups excluding carboxylic acids is 1. The number of nitrogens with one attached hydrogen (secondary N) is 2. The van der Waals surface area contributed by atoms with Crippen LogP contribution in [0.1, 0.15) is 15.2 Å². The summed E-state index contributed by atoms with van der Waals surface area (Å²) >= 11 is 9.92. The number of halogens is 1. The van der Waals surface area contributed by atoms with Gasteiger partial charge in [0.1, 0.15) is 0 Å². The average molecular weight is 355 g/mol. The molecule has 0 aliphatic heterocycles. The number of anilines is 1. The molecule has 0 aliphatic rings. The summed E-state index contributed by atoms with van der Waals surface area (Å²) in [6.45, 7) is 1.99. The van der Waals surface area contributed by atoms with Crippen LogP contribution in [0.25, 0.3) is 0 Å². The fraction of sp³-hybridized carbons (Fsp3) is 0.0769. The molecule has 0 bridgehead atoms. The first kappa shape index (κ1) is 14.2. The molecule has 3 nitrogen and oxygen atoms in total. The van der Waals surface area contributed by atoms with Gasteiger partial charge in [0.15, 0.2) is 5.11 Å². The third-order valence-electron chi connectivity index (χ3n) is 2.39. The molecule has 1 amide bonds. The minimum absolute atomic E-state index is 0.193. The van der Waals surface area contributed by atoms with Crippen molar-refractivity contribution in [3.05, 3.63) is 50.6 Å². The van der Waals surface area contributed by atoms with Crippen LogP contribution in [0.3, 0.4) is 0 Å². The highest BCUT2D eigenvalue weighted by Crippen LogP contribution is 2.19. The molecule has 19 heavy (non-hydrogen) atoms. The lowest BCUT2D eigenvalue weighted by Crippen LogP contribution is -2.33. The topological polar surface area (TPSA) is 41.1 Å². The number of thiocarbonyl (C=S) groups is 1. The Morgan fingerprint density at radius 1 is 1.37 bits per heavy atom. The molecule has 0 fully saturated rings. The van der Waals surface area contributed by atoms with Crippen LogP contribution in [0, 0.1) is 6.92 Å². The lowest BCUT2D eigenvalue weighted by Gasteiger charge is -2.10. The number of rotatable bonds is 2. The van der Waals surface area contributed by atoms with Gasteiger partial charge in [-0.25, -0.2) is 0 Å². The summed E-state index contributed by atoms with van der Waals surface area (Å²) in [4.78, 5) is 12.4. The van der Waals surface area contributed by atoms with Crippen molar-refractivity contribution in [2.75, 3.05) is 5.32 Å². The van der Waals surface area contributed by atoms with E-state index in [1.54, 1.807) is 6.07 Å². The third kappa shape index (κ3) is 3.86. The van der Waals surface area contributed by atoms with E-state index in [9.17, 15) is 4.79 Å². The van der Waals surface area contributed by atoms with E-state index in [0.29, 0.717) is 9.99 Å². The van der Waals surface area contributed by atoms with Crippen LogP contribution in [0.4, 0.5) is 5.69 Å². The van der Waals surface area contributed by atoms with E-state index in [4.69, 9.17) is 12.2 Å². The Kier molecular flexibility index (Phi) is 4.68. The fourth-order valence-corrected chi connectivity index (χ4v) is 2.53. The zero-order chi connectivity index (χ0) is 13.8. The summed E-state index contributed by atoms with van der Waals surface area (Å²) in [5.74, 6) is -0.193. The van der Waals surface area contributed by atoms with Gasteiger partial charge in [0, 0.05) is 10.2 Å². The second-order valence-electron chi connectivity index (χ2n) is 3.85. The fourth-order valence-electron chi connectivity index (χ4n) is 1.46. The van der Waals surface area contributed by atoms with Crippen LogP contribution < -0.4 is 10.6 Å². The van der Waals surface area contributed by atoms with Crippen LogP contribution in [0.15, 0.2) is 40.2 Å². The molecule has 0 saturated heterocycles. The van der Waals surface area contributed by atoms with E-state index in [1.165, 1.54) is 11.3 Å². The monoisotopic (exact) mass is 354 g/mol. The highest BCUT2D eigenvalue weighted by molar-refractivity contribution is 9.10. The number of hydrogen-bond acceptors (Lipinski definition) is 3. The molecular formula is C13H11BrN2OS2. The van der Waals surface area contributed by atoms with Gasteiger partial charge in [0.2, 0.25) is 0 Å². The predicted molar refractivity (Wildman–Crippen MR) is 86.9 cm³/mol. The van der Waals surface area contributed by atoms with Crippen molar-refractivity contribution in [2.45, 2.75) is 6.92 Å². The molecule has 98 valence electrons. The lowest BCUT2D eigenvalue weighted by molar-refractivity contribution is 0.0981. The van der Waals surface area contributed by atoms with Crippen LogP contribution in [-0.4, -0.2) is 11.0 Å². The molecule has 0 saturated carbocycles. The summed E-state index contributed by atoms with van der Waals surface area (Å²) in [5, 5.41) is 7.77. The van der Waals surface area contributed by atoms with E-state index in [2.05, 4.69) is 26.6 Å². The highest BCUT2D eigenvalue weighted by atomic mass is 79.9. The van der Waals surface area contributed by atoms with E-state index >= 15 is 0 Å². The van der Waals surface area contributed by atoms with Crippen molar-refractivity contribution < 1.29 is 4.79 Å². The van der Waals surface area contributed by atoms with Crippen molar-refractivity contribution in [3.8, 4) is 0 Å². The molecule has 0 atom stereocenters. The molecule has 0 spiro atoms. The smallest absolute Gasteiger partial charge is 0.267 e. The van der Waals surface area contributed by atoms with E-state index in [0.717, 1.165) is 15.7 Å². The third-order valence-corrected chi connectivity index (χ3v) is 4.35. The molecule has 2 rings (SSSR count). The Hall–Kier alpha value is -1.24. The lowest BCUT2D eigenvalue weighted by atomic mass is 10.2. The molecule has 0 unspecified atom stereocenters. The van der Waals surface area contributed by atoms with Gasteiger partial charge in [0.25, 0.3) is 5.91 Å². The van der Waals surface area contributed by atoms with Gasteiger partial charge in [0.05, 0.1) is 4.88 Å². The second-order valence-corrected chi connectivity index (χ2v) is 6.06. The molecule has 6 heteroatoms. The Balaban J connectivity index is 1.98. The summed E-state index contributed by atoms with van der Waals surface area (Å²) in [6.07, 6.45) is 0. The minimum Gasteiger partial charge on any atom is -0.332 e. The van der Waals surface area contributed by atoms with E-state index < -0.39 is 0 Å². The van der Waals surface area contributed by atoms with Gasteiger partial charge in [-0.1, -0.05) is 22.0 Å². The summed E-state index contributed by atoms with van der Waals surface area (Å²) < 4.78 is 1.03. The zero-order valence-corrected chi connectivity index (χ0v) is 13.3. The van der Waals surface area contributed by atoms with Crippen LogP contribution in [0.2, 0.25) is 0 Å². The van der Waals surface area contributed by atoms with Crippen LogP contribution in [0.5, 0.6) is 0 Å². The van der Waals surface area contributed by atoms with Crippen LogP contribution in [-0.2, 0) is 0 Å². The van der Waals surface area contributed by atoms with Crippen LogP contribution >= 0.6 is 39.5 Å². The van der Waals surface area contributed by atoms with E-state index in [-0.39, 0.29) is 5.91 Å². The zero-order valence-electron chi connectivity index (χ0n) is 10.1. The van der Waals surface area contributed by atoms with Gasteiger partial charge in [-0.2, -0.15) is 0 Å². The van der Waals surface area contributed by atoms with Crippen molar-refractivity contribution in [3.63, 3.8) is 0 Å². The van der Waals surface area contributed by atoms with Crippen molar-refractivity contribution in [2.24, 2.45) is 0 Å². The average Bonchev–Trinajstić information content (AvgIpc) is 2.87. The van der Waals surface area contributed by atoms with Gasteiger partial charge < -0.3 is 5.32 Å². The Labute approximate surface area is 129 Å². The van der Waals surface area contributed by atoms with Crippen molar-refractivity contribution >= 4 is 56.2 Å². The quantitative estimate of drug-likeness (QED) is 0.802. The summed E-state index contributed by atoms with van der Waals surface area (Å²) in [5.41, 5.74) is 1.94. The molecular weight excluding hydrogens is 344 g/mol. The van der Waals surface area contributed by atoms with Crippen molar-refractivity contribution in [1.82, 2.24) is 5.32 Å². The normalized spacial score (nSPS) is 10.0. The standard InChI is InChI=1S/C13H11BrN2OS2/c1-8-7-9(4-5-10(8)14)15-13(18)16-12(17)11-3-2-6-19-11/h2-7H,1H3,(H2,15,16,17,18). The van der Waals surface area contributed by atoms with Gasteiger partial charge >= 0.3 is 0 Å². The maximum atomic E-state index is 11.8. The Morgan fingerprint density at radius 3 is 2.79 bits per heavy atom. The first-order valence-corrected chi connectivity index (χ1v) is 7.56. The molecule has 2 N–H and O–H groups in total. The number of benzene rings is 1. The number of thiophene rings is 1. The van der Waals surface area contributed by atoms with E-state index in [1.807, 2.05) is 36.6 Å². The SMILES string of the molecule is Cc1cc(NC(=S)NC(=O)c2cccs2)ccc1Br. The molecule has 1 aromatic heterocycles. The summed E-state index contributed by atoms with van der Waals surface area (Å²) in [6, 6.07) is 9.36. The largest absolute Gasteiger partial charge is 0.332 e. The predicted octanol–water partition coefficient (Wildman–Crippen LogP) is 3.95. The molecule has 1 heterocycles. The second kappa shape index (κ2) is 6.27. The van der Waals surface area contributed by atoms with Crippen molar-refractivity contribution in [1.29, 1.82) is 0 Å². The summed E-state index contributed by atoms with van der Waals surface area (Å²) in [7, 11) is 0. The highest BCUT2D eigenvalue weighted by Gasteiger charge is 2.08. The van der Waals surface area contributed by atoms with Gasteiger partial charge in [-0.15, -0.1) is 11.3 Å². The first-order valence-electron chi connectivity index (χ1n) is 5.48. The molecule has 0 aliphatic carbocycles. The number of hydrogen-bond donors (Lipinski definition) is 2. The number of carbonyl (C=O) groups is 1. The molecule has 0 radical (unpaired) electrons. The molecule has 2 aromatic rings. The maximum Gasteiger partial charge on any atom is 0.267 e. The Bertz CT molecular complexity index is 611.